The van der Waals surface area contributed by atoms with Crippen molar-refractivity contribution in [1.29, 1.82) is 0 Å². The minimum atomic E-state index is -0.226. The minimum Gasteiger partial charge on any atom is -0.489 e. The van der Waals surface area contributed by atoms with E-state index in [4.69, 9.17) is 4.74 Å². The molecular formula is C23H26N4O3. The average molecular weight is 406 g/mol. The molecule has 7 heteroatoms. The first kappa shape index (κ1) is 19.9. The Kier molecular flexibility index (Phi) is 6.27. The zero-order valence-corrected chi connectivity index (χ0v) is 16.9. The Labute approximate surface area is 175 Å². The van der Waals surface area contributed by atoms with Crippen LogP contribution in [0.25, 0.3) is 0 Å². The van der Waals surface area contributed by atoms with Crippen LogP contribution in [-0.2, 0) is 37.5 Å². The third-order valence-electron chi connectivity index (χ3n) is 5.20. The Bertz CT molecular complexity index is 1060. The molecule has 1 amide bonds. The largest absolute Gasteiger partial charge is 0.489 e. The molecule has 0 radical (unpaired) electrons. The van der Waals surface area contributed by atoms with Crippen LogP contribution in [0.5, 0.6) is 5.75 Å². The lowest BCUT2D eigenvalue weighted by Crippen LogP contribution is -2.33. The summed E-state index contributed by atoms with van der Waals surface area (Å²) in [6.45, 7) is 1.48. The molecule has 0 fully saturated rings. The predicted octanol–water partition coefficient (Wildman–Crippen LogP) is 2.67. The monoisotopic (exact) mass is 406 g/mol. The van der Waals surface area contributed by atoms with Crippen molar-refractivity contribution in [3.8, 4) is 5.75 Å². The van der Waals surface area contributed by atoms with Gasteiger partial charge in [-0.15, -0.1) is 0 Å². The van der Waals surface area contributed by atoms with E-state index in [1.807, 2.05) is 54.6 Å². The highest BCUT2D eigenvalue weighted by Gasteiger charge is 2.17. The van der Waals surface area contributed by atoms with Gasteiger partial charge in [0, 0.05) is 19.5 Å². The Morgan fingerprint density at radius 3 is 2.73 bits per heavy atom. The minimum absolute atomic E-state index is 0.0599. The van der Waals surface area contributed by atoms with Crippen LogP contribution < -0.4 is 15.7 Å². The predicted molar refractivity (Wildman–Crippen MR) is 113 cm³/mol. The number of carbonyl (C=O) groups is 1. The second-order valence-corrected chi connectivity index (χ2v) is 7.52. The second-order valence-electron chi connectivity index (χ2n) is 7.52. The molecule has 156 valence electrons. The fourth-order valence-electron chi connectivity index (χ4n) is 3.63. The summed E-state index contributed by atoms with van der Waals surface area (Å²) in [5.41, 5.74) is 1.81. The number of nitrogens with zero attached hydrogens (tertiary/aromatic N) is 3. The van der Waals surface area contributed by atoms with E-state index in [9.17, 15) is 9.59 Å². The Hall–Kier alpha value is -3.35. The number of hydrogen-bond acceptors (Lipinski definition) is 4. The van der Waals surface area contributed by atoms with Gasteiger partial charge in [-0.05, 0) is 36.1 Å². The molecule has 0 spiro atoms. The van der Waals surface area contributed by atoms with Crippen LogP contribution >= 0.6 is 0 Å². The van der Waals surface area contributed by atoms with Gasteiger partial charge < -0.3 is 10.1 Å². The van der Waals surface area contributed by atoms with E-state index in [1.54, 1.807) is 4.57 Å². The molecule has 2 aromatic carbocycles. The highest BCUT2D eigenvalue weighted by molar-refractivity contribution is 5.75. The summed E-state index contributed by atoms with van der Waals surface area (Å²) in [5.74, 6) is 1.38. The van der Waals surface area contributed by atoms with Crippen LogP contribution in [0, 0.1) is 0 Å². The van der Waals surface area contributed by atoms with Crippen molar-refractivity contribution in [3.63, 3.8) is 0 Å². The number of aromatic nitrogens is 3. The number of fused-ring (bicyclic) bond motifs is 1. The fourth-order valence-corrected chi connectivity index (χ4v) is 3.63. The molecule has 2 heterocycles. The van der Waals surface area contributed by atoms with Gasteiger partial charge in [-0.25, -0.2) is 9.48 Å². The summed E-state index contributed by atoms with van der Waals surface area (Å²) < 4.78 is 8.76. The molecule has 1 aliphatic heterocycles. The number of rotatable bonds is 7. The normalized spacial score (nSPS) is 13.3. The standard InChI is InChI=1S/C23H26N4O3/c28-22(16-27-23(29)26-13-6-2-5-12-21(26)25-27)24-15-18-8-7-9-19(14-18)17-30-20-10-3-1-4-11-20/h1,3-4,7-11,14H,2,5-6,12-13,15-17H2,(H,24,28). The molecule has 3 aromatic rings. The van der Waals surface area contributed by atoms with Crippen molar-refractivity contribution in [3.05, 3.63) is 82.0 Å². The molecule has 1 aliphatic rings. The molecule has 1 N–H and O–H groups in total. The number of carbonyl (C=O) groups excluding carboxylic acids is 1. The second kappa shape index (κ2) is 9.43. The average Bonchev–Trinajstić information content (AvgIpc) is 2.93. The zero-order valence-electron chi connectivity index (χ0n) is 16.9. The molecule has 1 aromatic heterocycles. The van der Waals surface area contributed by atoms with Gasteiger partial charge in [0.15, 0.2) is 0 Å². The maximum atomic E-state index is 12.5. The number of benzene rings is 2. The fraction of sp³-hybridized carbons (Fsp3) is 0.348. The molecule has 0 bridgehead atoms. The van der Waals surface area contributed by atoms with Gasteiger partial charge >= 0.3 is 5.69 Å². The van der Waals surface area contributed by atoms with Crippen LogP contribution in [0.4, 0.5) is 0 Å². The van der Waals surface area contributed by atoms with Crippen molar-refractivity contribution >= 4 is 5.91 Å². The molecule has 0 saturated heterocycles. The van der Waals surface area contributed by atoms with Crippen molar-refractivity contribution in [2.45, 2.75) is 51.9 Å². The lowest BCUT2D eigenvalue weighted by Gasteiger charge is -2.09. The molecule has 30 heavy (non-hydrogen) atoms. The van der Waals surface area contributed by atoms with Gasteiger partial charge in [0.25, 0.3) is 0 Å². The number of nitrogens with one attached hydrogen (secondary N) is 1. The molecule has 7 nitrogen and oxygen atoms in total. The first-order chi connectivity index (χ1) is 14.7. The number of ether oxygens (including phenoxy) is 1. The van der Waals surface area contributed by atoms with Gasteiger partial charge in [-0.3, -0.25) is 9.36 Å². The highest BCUT2D eigenvalue weighted by atomic mass is 16.5. The first-order valence-electron chi connectivity index (χ1n) is 10.4. The van der Waals surface area contributed by atoms with E-state index in [0.29, 0.717) is 19.7 Å². The number of para-hydroxylation sites is 1. The van der Waals surface area contributed by atoms with E-state index in [2.05, 4.69) is 10.4 Å². The summed E-state index contributed by atoms with van der Waals surface area (Å²) in [6.07, 6.45) is 3.92. The quantitative estimate of drug-likeness (QED) is 0.654. The van der Waals surface area contributed by atoms with E-state index < -0.39 is 0 Å². The van der Waals surface area contributed by atoms with E-state index in [1.165, 1.54) is 4.68 Å². The summed E-state index contributed by atoms with van der Waals surface area (Å²) in [6, 6.07) is 17.6. The van der Waals surface area contributed by atoms with E-state index in [-0.39, 0.29) is 18.1 Å². The molecule has 0 saturated carbocycles. The van der Waals surface area contributed by atoms with Gasteiger partial charge in [-0.2, -0.15) is 5.10 Å². The topological polar surface area (TPSA) is 78.2 Å². The molecule has 0 unspecified atom stereocenters. The zero-order chi connectivity index (χ0) is 20.8. The number of hydrogen-bond donors (Lipinski definition) is 1. The van der Waals surface area contributed by atoms with E-state index >= 15 is 0 Å². The summed E-state index contributed by atoms with van der Waals surface area (Å²) in [5, 5.41) is 7.24. The Balaban J connectivity index is 1.31. The van der Waals surface area contributed by atoms with Gasteiger partial charge in [0.1, 0.15) is 24.7 Å². The number of amides is 1. The molecule has 4 rings (SSSR count). The summed E-state index contributed by atoms with van der Waals surface area (Å²) in [4.78, 5) is 24.8. The van der Waals surface area contributed by atoms with Crippen molar-refractivity contribution in [2.75, 3.05) is 0 Å². The first-order valence-corrected chi connectivity index (χ1v) is 10.4. The molecule has 0 aliphatic carbocycles. The third-order valence-corrected chi connectivity index (χ3v) is 5.20. The summed E-state index contributed by atoms with van der Waals surface area (Å²) in [7, 11) is 0. The maximum Gasteiger partial charge on any atom is 0.346 e. The van der Waals surface area contributed by atoms with Gasteiger partial charge in [-0.1, -0.05) is 48.9 Å². The van der Waals surface area contributed by atoms with Crippen molar-refractivity contribution in [2.24, 2.45) is 0 Å². The van der Waals surface area contributed by atoms with Crippen molar-refractivity contribution < 1.29 is 9.53 Å². The molecule has 0 atom stereocenters. The van der Waals surface area contributed by atoms with Crippen LogP contribution in [0.3, 0.4) is 0 Å². The molecular weight excluding hydrogens is 380 g/mol. The number of aryl methyl sites for hydroxylation is 1. The maximum absolute atomic E-state index is 12.5. The smallest absolute Gasteiger partial charge is 0.346 e. The van der Waals surface area contributed by atoms with Crippen LogP contribution in [0.2, 0.25) is 0 Å². The SMILES string of the molecule is O=C(Cn1nc2n(c1=O)CCCCC2)NCc1cccc(COc2ccccc2)c1. The Morgan fingerprint density at radius 1 is 1.03 bits per heavy atom. The lowest BCUT2D eigenvalue weighted by molar-refractivity contribution is -0.122. The Morgan fingerprint density at radius 2 is 1.87 bits per heavy atom. The van der Waals surface area contributed by atoms with Crippen LogP contribution in [0.1, 0.15) is 36.2 Å². The van der Waals surface area contributed by atoms with Crippen LogP contribution in [0.15, 0.2) is 59.4 Å². The van der Waals surface area contributed by atoms with E-state index in [0.717, 1.165) is 48.4 Å². The van der Waals surface area contributed by atoms with Crippen molar-refractivity contribution in [1.82, 2.24) is 19.7 Å². The highest BCUT2D eigenvalue weighted by Crippen LogP contribution is 2.13. The lowest BCUT2D eigenvalue weighted by atomic mass is 10.1. The third kappa shape index (κ3) is 4.97. The summed E-state index contributed by atoms with van der Waals surface area (Å²) >= 11 is 0. The van der Waals surface area contributed by atoms with Gasteiger partial charge in [0.05, 0.1) is 0 Å². The van der Waals surface area contributed by atoms with Gasteiger partial charge in [0.2, 0.25) is 5.91 Å². The van der Waals surface area contributed by atoms with Crippen LogP contribution in [-0.4, -0.2) is 20.3 Å².